The fraction of sp³-hybridized carbons (Fsp3) is 0.150. The van der Waals surface area contributed by atoms with Gasteiger partial charge >= 0.3 is 0 Å². The number of aromatic nitrogens is 7. The lowest BCUT2D eigenvalue weighted by atomic mass is 10.2. The number of benzene rings is 1. The number of nitrogens with zero attached hydrogens (tertiary/aromatic N) is 7. The molecular formula is C20H17ClN8O. The first-order valence-corrected chi connectivity index (χ1v) is 9.66. The molecule has 0 bridgehead atoms. The highest BCUT2D eigenvalue weighted by Crippen LogP contribution is 2.28. The maximum absolute atomic E-state index is 13.4. The molecule has 1 unspecified atom stereocenters. The van der Waals surface area contributed by atoms with Crippen LogP contribution in [-0.4, -0.2) is 41.2 Å². The zero-order valence-electron chi connectivity index (χ0n) is 16.2. The molecule has 4 heterocycles. The average Bonchev–Trinajstić information content (AvgIpc) is 3.39. The summed E-state index contributed by atoms with van der Waals surface area (Å²) in [5.74, 6) is 1.20. The topological polar surface area (TPSA) is 97.0 Å². The van der Waals surface area contributed by atoms with E-state index in [-0.39, 0.29) is 11.6 Å². The lowest BCUT2D eigenvalue weighted by molar-refractivity contribution is 0.614. The summed E-state index contributed by atoms with van der Waals surface area (Å²) in [7, 11) is 1.89. The van der Waals surface area contributed by atoms with Crippen LogP contribution in [0.5, 0.6) is 0 Å². The summed E-state index contributed by atoms with van der Waals surface area (Å²) in [6.07, 6.45) is 4.73. The van der Waals surface area contributed by atoms with Gasteiger partial charge in [-0.1, -0.05) is 29.8 Å². The van der Waals surface area contributed by atoms with Gasteiger partial charge in [0.1, 0.15) is 17.4 Å². The first kappa shape index (κ1) is 18.3. The second-order valence-corrected chi connectivity index (χ2v) is 7.28. The SMILES string of the molecule is CC(c1nn2ccc(Cl)c2c(=O)n1-c1ccccc1)N(C)c1ncnc2nc[nH]c12. The van der Waals surface area contributed by atoms with E-state index in [9.17, 15) is 4.79 Å². The minimum Gasteiger partial charge on any atom is -0.348 e. The first-order chi connectivity index (χ1) is 14.6. The highest BCUT2D eigenvalue weighted by atomic mass is 35.5. The first-order valence-electron chi connectivity index (χ1n) is 9.28. The Balaban J connectivity index is 1.73. The largest absolute Gasteiger partial charge is 0.348 e. The van der Waals surface area contributed by atoms with Crippen molar-refractivity contribution in [2.24, 2.45) is 0 Å². The molecule has 5 rings (SSSR count). The fourth-order valence-corrected chi connectivity index (χ4v) is 3.74. The standard InChI is InChI=1S/C20H17ClN8O/c1-12(27(2)19-15-17(23-10-22-15)24-11-25-19)18-26-28-9-8-14(21)16(28)20(30)29(18)13-6-4-3-5-7-13/h3-12H,1-2H3,(H,22,23,24,25). The average molecular weight is 421 g/mol. The van der Waals surface area contributed by atoms with Gasteiger partial charge in [0, 0.05) is 13.2 Å². The molecule has 1 aromatic carbocycles. The third kappa shape index (κ3) is 2.74. The number of fused-ring (bicyclic) bond motifs is 2. The summed E-state index contributed by atoms with van der Waals surface area (Å²) < 4.78 is 3.11. The molecule has 9 nitrogen and oxygen atoms in total. The van der Waals surface area contributed by atoms with Crippen molar-refractivity contribution in [2.75, 3.05) is 11.9 Å². The molecule has 0 amide bonds. The highest BCUT2D eigenvalue weighted by Gasteiger charge is 2.25. The van der Waals surface area contributed by atoms with Crippen LogP contribution in [0.3, 0.4) is 0 Å². The van der Waals surface area contributed by atoms with Gasteiger partial charge in [-0.25, -0.2) is 19.5 Å². The normalized spacial score (nSPS) is 12.5. The number of aromatic amines is 1. The summed E-state index contributed by atoms with van der Waals surface area (Å²) in [6.45, 7) is 1.96. The molecule has 0 spiro atoms. The Hall–Kier alpha value is -3.72. The number of para-hydroxylation sites is 1. The number of hydrogen-bond donors (Lipinski definition) is 1. The van der Waals surface area contributed by atoms with Crippen molar-refractivity contribution in [3.63, 3.8) is 0 Å². The smallest absolute Gasteiger partial charge is 0.284 e. The zero-order chi connectivity index (χ0) is 20.8. The van der Waals surface area contributed by atoms with Gasteiger partial charge in [0.2, 0.25) is 0 Å². The quantitative estimate of drug-likeness (QED) is 0.480. The second kappa shape index (κ2) is 6.96. The van der Waals surface area contributed by atoms with E-state index in [1.807, 2.05) is 49.2 Å². The van der Waals surface area contributed by atoms with Crippen molar-refractivity contribution in [1.29, 1.82) is 0 Å². The van der Waals surface area contributed by atoms with Crippen LogP contribution in [0.15, 0.2) is 60.0 Å². The van der Waals surface area contributed by atoms with Crippen LogP contribution in [-0.2, 0) is 0 Å². The Labute approximate surface area is 175 Å². The molecule has 0 aliphatic rings. The summed E-state index contributed by atoms with van der Waals surface area (Å²) in [6, 6.07) is 10.7. The van der Waals surface area contributed by atoms with E-state index in [4.69, 9.17) is 16.7 Å². The second-order valence-electron chi connectivity index (χ2n) is 6.88. The number of hydrogen-bond acceptors (Lipinski definition) is 6. The van der Waals surface area contributed by atoms with Crippen molar-refractivity contribution in [1.82, 2.24) is 34.1 Å². The Morgan fingerprint density at radius 1 is 1.13 bits per heavy atom. The third-order valence-electron chi connectivity index (χ3n) is 5.17. The summed E-state index contributed by atoms with van der Waals surface area (Å²) in [4.78, 5) is 31.2. The van der Waals surface area contributed by atoms with Crippen molar-refractivity contribution in [3.8, 4) is 5.69 Å². The molecule has 1 N–H and O–H groups in total. The third-order valence-corrected chi connectivity index (χ3v) is 5.47. The molecule has 150 valence electrons. The molecule has 5 aromatic rings. The van der Waals surface area contributed by atoms with E-state index in [1.165, 1.54) is 10.8 Å². The Kier molecular flexibility index (Phi) is 4.25. The number of halogens is 1. The van der Waals surface area contributed by atoms with E-state index in [1.54, 1.807) is 23.2 Å². The number of H-pyrrole nitrogens is 1. The van der Waals surface area contributed by atoms with Gasteiger partial charge in [0.15, 0.2) is 17.3 Å². The van der Waals surface area contributed by atoms with E-state index < -0.39 is 0 Å². The predicted molar refractivity (Wildman–Crippen MR) is 114 cm³/mol. The van der Waals surface area contributed by atoms with Gasteiger partial charge in [0.25, 0.3) is 5.56 Å². The molecule has 0 fully saturated rings. The summed E-state index contributed by atoms with van der Waals surface area (Å²) in [5, 5.41) is 5.09. The van der Waals surface area contributed by atoms with Gasteiger partial charge in [-0.3, -0.25) is 9.36 Å². The fourth-order valence-electron chi connectivity index (χ4n) is 3.52. The summed E-state index contributed by atoms with van der Waals surface area (Å²) >= 11 is 6.27. The van der Waals surface area contributed by atoms with E-state index in [0.29, 0.717) is 39.0 Å². The minimum absolute atomic E-state index is 0.240. The van der Waals surface area contributed by atoms with Crippen LogP contribution in [0.25, 0.3) is 22.4 Å². The van der Waals surface area contributed by atoms with Gasteiger partial charge in [-0.2, -0.15) is 5.10 Å². The van der Waals surface area contributed by atoms with E-state index >= 15 is 0 Å². The van der Waals surface area contributed by atoms with Crippen LogP contribution >= 0.6 is 11.6 Å². The van der Waals surface area contributed by atoms with Crippen LogP contribution in [0.1, 0.15) is 18.8 Å². The van der Waals surface area contributed by atoms with Crippen molar-refractivity contribution in [3.05, 3.63) is 76.5 Å². The van der Waals surface area contributed by atoms with Gasteiger partial charge in [-0.05, 0) is 25.1 Å². The molecule has 0 saturated heterocycles. The maximum atomic E-state index is 13.4. The lowest BCUT2D eigenvalue weighted by Gasteiger charge is -2.27. The monoisotopic (exact) mass is 420 g/mol. The van der Waals surface area contributed by atoms with E-state index in [0.717, 1.165) is 0 Å². The molecule has 30 heavy (non-hydrogen) atoms. The zero-order valence-corrected chi connectivity index (χ0v) is 16.9. The van der Waals surface area contributed by atoms with E-state index in [2.05, 4.69) is 19.9 Å². The lowest BCUT2D eigenvalue weighted by Crippen LogP contribution is -2.33. The number of rotatable bonds is 4. The molecular weight excluding hydrogens is 404 g/mol. The molecule has 4 aromatic heterocycles. The van der Waals surface area contributed by atoms with Crippen molar-refractivity contribution in [2.45, 2.75) is 13.0 Å². The molecule has 0 radical (unpaired) electrons. The Morgan fingerprint density at radius 2 is 1.93 bits per heavy atom. The Morgan fingerprint density at radius 3 is 2.73 bits per heavy atom. The maximum Gasteiger partial charge on any atom is 0.284 e. The molecule has 0 saturated carbocycles. The molecule has 0 aliphatic heterocycles. The van der Waals surface area contributed by atoms with Crippen LogP contribution < -0.4 is 10.5 Å². The van der Waals surface area contributed by atoms with Crippen molar-refractivity contribution >= 4 is 34.1 Å². The van der Waals surface area contributed by atoms with Gasteiger partial charge in [0.05, 0.1) is 23.1 Å². The van der Waals surface area contributed by atoms with Gasteiger partial charge < -0.3 is 9.88 Å². The molecule has 10 heteroatoms. The van der Waals surface area contributed by atoms with Crippen LogP contribution in [0, 0.1) is 0 Å². The number of nitrogens with one attached hydrogen (secondary N) is 1. The number of imidazole rings is 1. The highest BCUT2D eigenvalue weighted by molar-refractivity contribution is 6.33. The van der Waals surface area contributed by atoms with Crippen LogP contribution in [0.2, 0.25) is 5.02 Å². The van der Waals surface area contributed by atoms with Gasteiger partial charge in [-0.15, -0.1) is 0 Å². The van der Waals surface area contributed by atoms with Crippen LogP contribution in [0.4, 0.5) is 5.82 Å². The summed E-state index contributed by atoms with van der Waals surface area (Å²) in [5.41, 5.74) is 2.08. The Bertz CT molecular complexity index is 1420. The van der Waals surface area contributed by atoms with Crippen molar-refractivity contribution < 1.29 is 0 Å². The predicted octanol–water partition coefficient (Wildman–Crippen LogP) is 3.00. The minimum atomic E-state index is -0.315. The number of anilines is 1. The molecule has 0 aliphatic carbocycles. The molecule has 1 atom stereocenters.